The van der Waals surface area contributed by atoms with Crippen molar-refractivity contribution in [3.05, 3.63) is 24.0 Å². The van der Waals surface area contributed by atoms with Gasteiger partial charge in [-0.1, -0.05) is 0 Å². The number of carbonyl (C=O) groups is 2. The Kier molecular flexibility index (Phi) is 6.53. The second kappa shape index (κ2) is 7.91. The smallest absolute Gasteiger partial charge is 0.545 e. The second-order valence-electron chi connectivity index (χ2n) is 4.47. The Morgan fingerprint density at radius 3 is 2.57 bits per heavy atom. The van der Waals surface area contributed by atoms with Crippen LogP contribution in [0.15, 0.2) is 18.5 Å². The molecule has 1 aromatic rings. The van der Waals surface area contributed by atoms with Gasteiger partial charge in [0.2, 0.25) is 0 Å². The van der Waals surface area contributed by atoms with Crippen molar-refractivity contribution >= 4 is 12.1 Å². The molecule has 1 aliphatic heterocycles. The summed E-state index contributed by atoms with van der Waals surface area (Å²) in [6.07, 6.45) is 3.56. The maximum Gasteiger partial charge on any atom is 1.00 e. The molecule has 8 heteroatoms. The molecule has 1 aliphatic rings. The molecule has 2 rings (SSSR count). The topological polar surface area (TPSA) is 91.8 Å². The van der Waals surface area contributed by atoms with Gasteiger partial charge in [0.1, 0.15) is 11.9 Å². The first-order valence-corrected chi connectivity index (χ1v) is 6.26. The van der Waals surface area contributed by atoms with Gasteiger partial charge in [-0.15, -0.1) is 0 Å². The van der Waals surface area contributed by atoms with Crippen LogP contribution in [-0.2, 0) is 4.74 Å². The molecule has 21 heavy (non-hydrogen) atoms. The first-order valence-electron chi connectivity index (χ1n) is 6.26. The Morgan fingerprint density at radius 1 is 1.33 bits per heavy atom. The summed E-state index contributed by atoms with van der Waals surface area (Å²) in [6, 6.07) is 1.38. The monoisotopic (exact) mass is 286 g/mol. The molecule has 0 aliphatic carbocycles. The van der Waals surface area contributed by atoms with Crippen molar-refractivity contribution in [1.82, 2.24) is 9.88 Å². The number of amides is 1. The molecule has 108 valence electrons. The van der Waals surface area contributed by atoms with Gasteiger partial charge in [-0.05, 0) is 6.07 Å². The predicted octanol–water partition coefficient (Wildman–Crippen LogP) is -2.94. The predicted molar refractivity (Wildman–Crippen MR) is 66.2 cm³/mol. The molecule has 0 unspecified atom stereocenters. The van der Waals surface area contributed by atoms with Gasteiger partial charge < -0.3 is 24.3 Å². The third-order valence-corrected chi connectivity index (χ3v) is 3.13. The average molecular weight is 286 g/mol. The Morgan fingerprint density at radius 2 is 2.00 bits per heavy atom. The fourth-order valence-corrected chi connectivity index (χ4v) is 2.07. The van der Waals surface area contributed by atoms with Gasteiger partial charge >= 0.3 is 25.0 Å². The summed E-state index contributed by atoms with van der Waals surface area (Å²) in [6.45, 7) is 1.09. The Labute approximate surface area is 134 Å². The number of carbonyl (C=O) groups excluding carboxylic acids is 2. The molecule has 1 aromatic heterocycles. The van der Waals surface area contributed by atoms with Gasteiger partial charge in [0.15, 0.2) is 0 Å². The zero-order valence-corrected chi connectivity index (χ0v) is 12.1. The summed E-state index contributed by atoms with van der Waals surface area (Å²) in [5, 5.41) is 10.7. The van der Waals surface area contributed by atoms with Gasteiger partial charge in [-0.3, -0.25) is 4.98 Å². The van der Waals surface area contributed by atoms with Crippen LogP contribution in [0, 0.1) is 0 Å². The van der Waals surface area contributed by atoms with E-state index in [0.717, 1.165) is 0 Å². The summed E-state index contributed by atoms with van der Waals surface area (Å²) in [4.78, 5) is 27.5. The Hall–Kier alpha value is -1.71. The average Bonchev–Trinajstić information content (AvgIpc) is 2.47. The molecular formula is C13H15LiN2O5. The molecule has 0 bridgehead atoms. The standard InChI is InChI=1S/C13H16N2O5.Li/c1-19-13(18)15-4-2-10(3-5-15)20-11-6-9(12(16)17)7-14-8-11;/h6-8,10H,2-5H2,1H3,(H,16,17);/q;+1/p-1. The summed E-state index contributed by atoms with van der Waals surface area (Å²) in [7, 11) is 1.35. The fraction of sp³-hybridized carbons (Fsp3) is 0.462. The molecule has 0 atom stereocenters. The molecule has 7 nitrogen and oxygen atoms in total. The minimum absolute atomic E-state index is 0. The van der Waals surface area contributed by atoms with Crippen molar-refractivity contribution in [2.75, 3.05) is 20.2 Å². The van der Waals surface area contributed by atoms with Crippen molar-refractivity contribution in [1.29, 1.82) is 0 Å². The number of hydrogen-bond donors (Lipinski definition) is 0. The van der Waals surface area contributed by atoms with Crippen molar-refractivity contribution < 1.29 is 43.0 Å². The largest absolute Gasteiger partial charge is 1.00 e. The van der Waals surface area contributed by atoms with Crippen LogP contribution in [0.25, 0.3) is 0 Å². The number of carboxylic acids is 1. The van der Waals surface area contributed by atoms with Gasteiger partial charge in [0.05, 0.1) is 19.3 Å². The van der Waals surface area contributed by atoms with Crippen LogP contribution >= 0.6 is 0 Å². The van der Waals surface area contributed by atoms with E-state index >= 15 is 0 Å². The van der Waals surface area contributed by atoms with E-state index in [2.05, 4.69) is 9.72 Å². The van der Waals surface area contributed by atoms with E-state index in [-0.39, 0.29) is 36.6 Å². The fourth-order valence-electron chi connectivity index (χ4n) is 2.07. The van der Waals surface area contributed by atoms with Crippen LogP contribution in [0.4, 0.5) is 4.79 Å². The quantitative estimate of drug-likeness (QED) is 0.552. The minimum Gasteiger partial charge on any atom is -0.545 e. The van der Waals surface area contributed by atoms with E-state index in [1.165, 1.54) is 25.6 Å². The number of aromatic nitrogens is 1. The van der Waals surface area contributed by atoms with Crippen LogP contribution < -0.4 is 28.7 Å². The molecule has 0 saturated carbocycles. The van der Waals surface area contributed by atoms with E-state index in [1.54, 1.807) is 4.90 Å². The van der Waals surface area contributed by atoms with Crippen LogP contribution in [0.2, 0.25) is 0 Å². The van der Waals surface area contributed by atoms with E-state index in [9.17, 15) is 14.7 Å². The van der Waals surface area contributed by atoms with E-state index < -0.39 is 5.97 Å². The SMILES string of the molecule is COC(=O)N1CCC(Oc2cncc(C(=O)[O-])c2)CC1.[Li+]. The molecule has 0 N–H and O–H groups in total. The third kappa shape index (κ3) is 4.65. The number of piperidine rings is 1. The third-order valence-electron chi connectivity index (χ3n) is 3.13. The molecular weight excluding hydrogens is 271 g/mol. The maximum absolute atomic E-state index is 11.3. The molecule has 1 amide bonds. The molecule has 0 radical (unpaired) electrons. The van der Waals surface area contributed by atoms with Crippen LogP contribution in [-0.4, -0.2) is 48.2 Å². The second-order valence-corrected chi connectivity index (χ2v) is 4.47. The normalized spacial score (nSPS) is 15.0. The van der Waals surface area contributed by atoms with E-state index in [1.807, 2.05) is 0 Å². The summed E-state index contributed by atoms with van der Waals surface area (Å²) < 4.78 is 10.3. The molecule has 1 saturated heterocycles. The Balaban J connectivity index is 0.00000220. The molecule has 0 spiro atoms. The van der Waals surface area contributed by atoms with Crippen LogP contribution in [0.5, 0.6) is 5.75 Å². The molecule has 0 aromatic carbocycles. The number of rotatable bonds is 3. The van der Waals surface area contributed by atoms with Crippen LogP contribution in [0.3, 0.4) is 0 Å². The number of aromatic carboxylic acids is 1. The van der Waals surface area contributed by atoms with Gasteiger partial charge in [-0.2, -0.15) is 0 Å². The van der Waals surface area contributed by atoms with Crippen molar-refractivity contribution in [3.8, 4) is 5.75 Å². The van der Waals surface area contributed by atoms with E-state index in [4.69, 9.17) is 4.74 Å². The van der Waals surface area contributed by atoms with Gasteiger partial charge in [0, 0.05) is 37.7 Å². The summed E-state index contributed by atoms with van der Waals surface area (Å²) >= 11 is 0. The Bertz CT molecular complexity index is 503. The number of carboxylic acid groups (broad SMARTS) is 1. The van der Waals surface area contributed by atoms with E-state index in [0.29, 0.717) is 31.7 Å². The number of hydrogen-bond acceptors (Lipinski definition) is 6. The maximum atomic E-state index is 11.3. The van der Waals surface area contributed by atoms with Crippen molar-refractivity contribution in [3.63, 3.8) is 0 Å². The first kappa shape index (κ1) is 17.3. The number of likely N-dealkylation sites (tertiary alicyclic amines) is 1. The zero-order chi connectivity index (χ0) is 14.5. The van der Waals surface area contributed by atoms with Gasteiger partial charge in [0.25, 0.3) is 0 Å². The molecule has 2 heterocycles. The number of ether oxygens (including phenoxy) is 2. The number of pyridine rings is 1. The minimum atomic E-state index is -1.29. The van der Waals surface area contributed by atoms with Crippen molar-refractivity contribution in [2.24, 2.45) is 0 Å². The summed E-state index contributed by atoms with van der Waals surface area (Å²) in [5.74, 6) is -0.897. The first-order chi connectivity index (χ1) is 9.60. The van der Waals surface area contributed by atoms with Crippen molar-refractivity contribution in [2.45, 2.75) is 18.9 Å². The summed E-state index contributed by atoms with van der Waals surface area (Å²) in [5.41, 5.74) is -0.0190. The zero-order valence-electron chi connectivity index (χ0n) is 12.1. The van der Waals surface area contributed by atoms with Gasteiger partial charge in [-0.25, -0.2) is 4.79 Å². The molecule has 1 fully saturated rings. The number of methoxy groups -OCH3 is 1. The number of nitrogens with zero attached hydrogens (tertiary/aromatic N) is 2. The van der Waals surface area contributed by atoms with Crippen LogP contribution in [0.1, 0.15) is 23.2 Å².